The molecule has 1 aliphatic heterocycles. The van der Waals surface area contributed by atoms with E-state index in [1.807, 2.05) is 30.2 Å². The molecule has 3 heterocycles. The minimum atomic E-state index is -0.422. The molecule has 1 aliphatic rings. The Bertz CT molecular complexity index is 798. The number of pyridine rings is 1. The van der Waals surface area contributed by atoms with E-state index in [0.29, 0.717) is 35.7 Å². The predicted molar refractivity (Wildman–Crippen MR) is 98.1 cm³/mol. The molecule has 0 aromatic carbocycles. The zero-order valence-electron chi connectivity index (χ0n) is 15.5. The Hall–Kier alpha value is -2.63. The van der Waals surface area contributed by atoms with Crippen LogP contribution in [0, 0.1) is 13.8 Å². The lowest BCUT2D eigenvalue weighted by Crippen LogP contribution is -2.39. The monoisotopic (exact) mass is 355 g/mol. The second kappa shape index (κ2) is 7.72. The first kappa shape index (κ1) is 18.2. The number of nitrogens with one attached hydrogen (secondary N) is 1. The summed E-state index contributed by atoms with van der Waals surface area (Å²) in [6, 6.07) is 3.94. The van der Waals surface area contributed by atoms with Crippen molar-refractivity contribution >= 4 is 11.9 Å². The van der Waals surface area contributed by atoms with Gasteiger partial charge >= 0.3 is 5.97 Å². The molecule has 6 heteroatoms. The molecule has 1 atom stereocenters. The fourth-order valence-corrected chi connectivity index (χ4v) is 3.72. The number of H-pyrrole nitrogens is 1. The number of aryl methyl sites for hydroxylation is 1. The number of hydrogen-bond acceptors (Lipinski definition) is 4. The normalized spacial score (nSPS) is 17.2. The van der Waals surface area contributed by atoms with E-state index < -0.39 is 5.97 Å². The van der Waals surface area contributed by atoms with Crippen LogP contribution in [-0.2, 0) is 4.74 Å². The summed E-state index contributed by atoms with van der Waals surface area (Å²) in [4.78, 5) is 34.6. The third-order valence-electron chi connectivity index (χ3n) is 4.96. The van der Waals surface area contributed by atoms with Crippen molar-refractivity contribution < 1.29 is 14.3 Å². The van der Waals surface area contributed by atoms with Crippen LogP contribution >= 0.6 is 0 Å². The summed E-state index contributed by atoms with van der Waals surface area (Å²) in [5, 5.41) is 0. The lowest BCUT2D eigenvalue weighted by atomic mass is 9.95. The molecule has 0 aliphatic carbocycles. The third kappa shape index (κ3) is 3.36. The van der Waals surface area contributed by atoms with Gasteiger partial charge in [0.2, 0.25) is 0 Å². The molecule has 0 radical (unpaired) electrons. The lowest BCUT2D eigenvalue weighted by Gasteiger charge is -2.36. The molecule has 138 valence electrons. The molecule has 1 fully saturated rings. The van der Waals surface area contributed by atoms with E-state index >= 15 is 0 Å². The highest BCUT2D eigenvalue weighted by atomic mass is 16.5. The molecule has 1 saturated heterocycles. The fourth-order valence-electron chi connectivity index (χ4n) is 3.72. The topological polar surface area (TPSA) is 75.3 Å². The van der Waals surface area contributed by atoms with Gasteiger partial charge in [-0.1, -0.05) is 6.07 Å². The maximum atomic E-state index is 13.4. The molecule has 2 aromatic heterocycles. The van der Waals surface area contributed by atoms with Gasteiger partial charge < -0.3 is 14.6 Å². The number of aromatic amines is 1. The van der Waals surface area contributed by atoms with E-state index in [1.54, 1.807) is 20.0 Å². The van der Waals surface area contributed by atoms with E-state index in [4.69, 9.17) is 4.74 Å². The zero-order valence-corrected chi connectivity index (χ0v) is 15.5. The van der Waals surface area contributed by atoms with Gasteiger partial charge in [-0.15, -0.1) is 0 Å². The van der Waals surface area contributed by atoms with Gasteiger partial charge in [0.05, 0.1) is 18.2 Å². The van der Waals surface area contributed by atoms with Crippen LogP contribution in [0.2, 0.25) is 0 Å². The Morgan fingerprint density at radius 2 is 2.15 bits per heavy atom. The maximum Gasteiger partial charge on any atom is 0.355 e. The van der Waals surface area contributed by atoms with Crippen LogP contribution in [0.3, 0.4) is 0 Å². The Morgan fingerprint density at radius 3 is 2.85 bits per heavy atom. The summed E-state index contributed by atoms with van der Waals surface area (Å²) in [6.07, 6.45) is 6.56. The van der Waals surface area contributed by atoms with Crippen LogP contribution in [-0.4, -0.2) is 39.9 Å². The average molecular weight is 355 g/mol. The largest absolute Gasteiger partial charge is 0.461 e. The van der Waals surface area contributed by atoms with E-state index in [0.717, 1.165) is 24.8 Å². The Labute approximate surface area is 153 Å². The summed E-state index contributed by atoms with van der Waals surface area (Å²) in [5.74, 6) is -0.463. The number of hydrogen-bond donors (Lipinski definition) is 1. The van der Waals surface area contributed by atoms with Crippen LogP contribution in [0.15, 0.2) is 24.5 Å². The smallest absolute Gasteiger partial charge is 0.355 e. The Balaban J connectivity index is 1.94. The molecular weight excluding hydrogens is 330 g/mol. The van der Waals surface area contributed by atoms with Crippen molar-refractivity contribution in [1.29, 1.82) is 0 Å². The average Bonchev–Trinajstić information content (AvgIpc) is 2.96. The molecule has 1 unspecified atom stereocenters. The van der Waals surface area contributed by atoms with Crippen molar-refractivity contribution in [3.8, 4) is 0 Å². The van der Waals surface area contributed by atoms with Crippen molar-refractivity contribution in [2.45, 2.75) is 46.1 Å². The molecule has 1 N–H and O–H groups in total. The van der Waals surface area contributed by atoms with Gasteiger partial charge in [0.15, 0.2) is 0 Å². The van der Waals surface area contributed by atoms with Crippen molar-refractivity contribution in [3.63, 3.8) is 0 Å². The summed E-state index contributed by atoms with van der Waals surface area (Å²) < 4.78 is 5.09. The summed E-state index contributed by atoms with van der Waals surface area (Å²) in [6.45, 7) is 6.39. The third-order valence-corrected chi connectivity index (χ3v) is 4.96. The number of carbonyl (C=O) groups is 2. The van der Waals surface area contributed by atoms with Crippen molar-refractivity contribution in [3.05, 3.63) is 52.6 Å². The number of ether oxygens (including phenoxy) is 1. The first-order valence-electron chi connectivity index (χ1n) is 9.11. The van der Waals surface area contributed by atoms with E-state index in [1.165, 1.54) is 0 Å². The molecule has 6 nitrogen and oxygen atoms in total. The first-order valence-corrected chi connectivity index (χ1v) is 9.11. The standard InChI is InChI=1S/C20H25N3O3/c1-4-26-20(25)18-13(2)17(14(3)22-18)19(24)23-11-6-5-9-16(23)15-8-7-10-21-12-15/h7-8,10,12,16,22H,4-6,9,11H2,1-3H3. The van der Waals surface area contributed by atoms with E-state index in [9.17, 15) is 9.59 Å². The fraction of sp³-hybridized carbons (Fsp3) is 0.450. The highest BCUT2D eigenvalue weighted by Gasteiger charge is 2.32. The SMILES string of the molecule is CCOC(=O)c1[nH]c(C)c(C(=O)N2CCCCC2c2cccnc2)c1C. The molecule has 0 spiro atoms. The molecule has 0 saturated carbocycles. The highest BCUT2D eigenvalue weighted by Crippen LogP contribution is 2.33. The van der Waals surface area contributed by atoms with Gasteiger partial charge in [0.25, 0.3) is 5.91 Å². The van der Waals surface area contributed by atoms with E-state index in [2.05, 4.69) is 9.97 Å². The minimum absolute atomic E-state index is 0.0182. The number of amides is 1. The Morgan fingerprint density at radius 1 is 1.35 bits per heavy atom. The first-order chi connectivity index (χ1) is 12.5. The number of rotatable bonds is 4. The minimum Gasteiger partial charge on any atom is -0.461 e. The molecular formula is C20H25N3O3. The second-order valence-electron chi connectivity index (χ2n) is 6.64. The van der Waals surface area contributed by atoms with Crippen molar-refractivity contribution in [2.75, 3.05) is 13.2 Å². The summed E-state index contributed by atoms with van der Waals surface area (Å²) in [7, 11) is 0. The Kier molecular flexibility index (Phi) is 5.40. The summed E-state index contributed by atoms with van der Waals surface area (Å²) >= 11 is 0. The number of nitrogens with zero attached hydrogens (tertiary/aromatic N) is 2. The number of carbonyl (C=O) groups excluding carboxylic acids is 2. The number of aromatic nitrogens is 2. The van der Waals surface area contributed by atoms with Gasteiger partial charge in [-0.25, -0.2) is 4.79 Å². The van der Waals surface area contributed by atoms with Gasteiger partial charge in [-0.2, -0.15) is 0 Å². The number of esters is 1. The van der Waals surface area contributed by atoms with Crippen molar-refractivity contribution in [2.24, 2.45) is 0 Å². The van der Waals surface area contributed by atoms with Gasteiger partial charge in [0, 0.05) is 24.6 Å². The lowest BCUT2D eigenvalue weighted by molar-refractivity contribution is 0.0519. The van der Waals surface area contributed by atoms with Gasteiger partial charge in [0.1, 0.15) is 5.69 Å². The second-order valence-corrected chi connectivity index (χ2v) is 6.64. The van der Waals surface area contributed by atoms with Gasteiger partial charge in [-0.3, -0.25) is 9.78 Å². The summed E-state index contributed by atoms with van der Waals surface area (Å²) in [5.41, 5.74) is 3.34. The molecule has 0 bridgehead atoms. The zero-order chi connectivity index (χ0) is 18.7. The quantitative estimate of drug-likeness (QED) is 0.851. The molecule has 3 rings (SSSR count). The predicted octanol–water partition coefficient (Wildman–Crippen LogP) is 3.57. The van der Waals surface area contributed by atoms with Crippen molar-refractivity contribution in [1.82, 2.24) is 14.9 Å². The van der Waals surface area contributed by atoms with E-state index in [-0.39, 0.29) is 11.9 Å². The van der Waals surface area contributed by atoms with Crippen LogP contribution in [0.4, 0.5) is 0 Å². The maximum absolute atomic E-state index is 13.4. The van der Waals surface area contributed by atoms with Crippen LogP contribution in [0.1, 0.15) is 69.9 Å². The molecule has 26 heavy (non-hydrogen) atoms. The van der Waals surface area contributed by atoms with Crippen LogP contribution < -0.4 is 0 Å². The number of likely N-dealkylation sites (tertiary alicyclic amines) is 1. The highest BCUT2D eigenvalue weighted by molar-refractivity contribution is 6.01. The van der Waals surface area contributed by atoms with Crippen LogP contribution in [0.5, 0.6) is 0 Å². The number of piperidine rings is 1. The van der Waals surface area contributed by atoms with Crippen LogP contribution in [0.25, 0.3) is 0 Å². The molecule has 2 aromatic rings. The van der Waals surface area contributed by atoms with Gasteiger partial charge in [-0.05, 0) is 57.2 Å². The molecule has 1 amide bonds.